The van der Waals surface area contributed by atoms with Crippen molar-refractivity contribution in [3.63, 3.8) is 0 Å². The average Bonchev–Trinajstić information content (AvgIpc) is 2.70. The number of hydrogen-bond donors (Lipinski definition) is 0. The fourth-order valence-corrected chi connectivity index (χ4v) is 4.35. The molecule has 1 saturated carbocycles. The van der Waals surface area contributed by atoms with Crippen molar-refractivity contribution in [3.05, 3.63) is 59.7 Å². The molecule has 0 atom stereocenters. The van der Waals surface area contributed by atoms with Crippen LogP contribution in [0.2, 0.25) is 0 Å². The Morgan fingerprint density at radius 2 is 1.50 bits per heavy atom. The highest BCUT2D eigenvalue weighted by Gasteiger charge is 2.22. The van der Waals surface area contributed by atoms with E-state index in [0.717, 1.165) is 24.7 Å². The summed E-state index contributed by atoms with van der Waals surface area (Å²) in [4.78, 5) is 0. The Hall–Kier alpha value is -2.07. The SMILES string of the molecule is CCCc1ccc(-c2ccc(C3CCC(CCCC#N)CC3)cc2)cc1. The van der Waals surface area contributed by atoms with Crippen LogP contribution < -0.4 is 0 Å². The third-order valence-electron chi connectivity index (χ3n) is 5.96. The monoisotopic (exact) mass is 345 g/mol. The third-order valence-corrected chi connectivity index (χ3v) is 5.96. The summed E-state index contributed by atoms with van der Waals surface area (Å²) < 4.78 is 0. The summed E-state index contributed by atoms with van der Waals surface area (Å²) in [6.07, 6.45) is 10.7. The van der Waals surface area contributed by atoms with Gasteiger partial charge in [-0.2, -0.15) is 5.26 Å². The van der Waals surface area contributed by atoms with E-state index in [1.807, 2.05) is 0 Å². The van der Waals surface area contributed by atoms with Crippen LogP contribution in [0.1, 0.15) is 75.3 Å². The lowest BCUT2D eigenvalue weighted by Gasteiger charge is -2.28. The molecule has 0 aromatic heterocycles. The summed E-state index contributed by atoms with van der Waals surface area (Å²) in [5.41, 5.74) is 5.57. The summed E-state index contributed by atoms with van der Waals surface area (Å²) in [6, 6.07) is 20.6. The Kier molecular flexibility index (Phi) is 6.89. The zero-order valence-corrected chi connectivity index (χ0v) is 16.1. The fraction of sp³-hybridized carbons (Fsp3) is 0.480. The predicted octanol–water partition coefficient (Wildman–Crippen LogP) is 7.27. The molecular weight excluding hydrogens is 314 g/mol. The molecule has 0 amide bonds. The summed E-state index contributed by atoms with van der Waals surface area (Å²) in [5, 5.41) is 8.68. The van der Waals surface area contributed by atoms with Gasteiger partial charge in [0.15, 0.2) is 0 Å². The van der Waals surface area contributed by atoms with Crippen molar-refractivity contribution >= 4 is 0 Å². The van der Waals surface area contributed by atoms with Gasteiger partial charge >= 0.3 is 0 Å². The van der Waals surface area contributed by atoms with Crippen molar-refractivity contribution in [1.82, 2.24) is 0 Å². The van der Waals surface area contributed by atoms with Crippen LogP contribution in [0, 0.1) is 17.2 Å². The van der Waals surface area contributed by atoms with Crippen molar-refractivity contribution in [1.29, 1.82) is 5.26 Å². The molecule has 0 saturated heterocycles. The van der Waals surface area contributed by atoms with Crippen LogP contribution in [-0.4, -0.2) is 0 Å². The van der Waals surface area contributed by atoms with Gasteiger partial charge in [0, 0.05) is 6.42 Å². The van der Waals surface area contributed by atoms with E-state index in [1.54, 1.807) is 0 Å². The molecule has 1 heteroatoms. The van der Waals surface area contributed by atoms with Crippen molar-refractivity contribution in [2.45, 2.75) is 70.6 Å². The minimum absolute atomic E-state index is 0.723. The van der Waals surface area contributed by atoms with E-state index in [0.29, 0.717) is 0 Å². The highest BCUT2D eigenvalue weighted by atomic mass is 14.3. The first kappa shape index (κ1) is 18.7. The van der Waals surface area contributed by atoms with E-state index in [-0.39, 0.29) is 0 Å². The average molecular weight is 346 g/mol. The van der Waals surface area contributed by atoms with Crippen LogP contribution in [0.4, 0.5) is 0 Å². The quantitative estimate of drug-likeness (QED) is 0.484. The Morgan fingerprint density at radius 1 is 0.885 bits per heavy atom. The van der Waals surface area contributed by atoms with Crippen molar-refractivity contribution in [2.75, 3.05) is 0 Å². The van der Waals surface area contributed by atoms with E-state index in [2.05, 4.69) is 61.5 Å². The normalized spacial score (nSPS) is 19.8. The van der Waals surface area contributed by atoms with Gasteiger partial charge in [-0.25, -0.2) is 0 Å². The minimum atomic E-state index is 0.723. The maximum absolute atomic E-state index is 8.68. The molecule has 0 radical (unpaired) electrons. The third kappa shape index (κ3) is 4.98. The van der Waals surface area contributed by atoms with E-state index < -0.39 is 0 Å². The van der Waals surface area contributed by atoms with Gasteiger partial charge in [0.1, 0.15) is 0 Å². The maximum Gasteiger partial charge on any atom is 0.0621 e. The maximum atomic E-state index is 8.68. The molecule has 0 bridgehead atoms. The van der Waals surface area contributed by atoms with Gasteiger partial charge in [-0.3, -0.25) is 0 Å². The number of aryl methyl sites for hydroxylation is 1. The van der Waals surface area contributed by atoms with Crippen molar-refractivity contribution in [3.8, 4) is 17.2 Å². The first-order valence-corrected chi connectivity index (χ1v) is 10.4. The highest BCUT2D eigenvalue weighted by molar-refractivity contribution is 5.64. The van der Waals surface area contributed by atoms with Crippen molar-refractivity contribution in [2.24, 2.45) is 5.92 Å². The Balaban J connectivity index is 1.56. The number of nitriles is 1. The second-order valence-electron chi connectivity index (χ2n) is 7.84. The molecular formula is C25H31N. The largest absolute Gasteiger partial charge is 0.198 e. The lowest BCUT2D eigenvalue weighted by molar-refractivity contribution is 0.306. The Morgan fingerprint density at radius 3 is 2.08 bits per heavy atom. The Labute approximate surface area is 159 Å². The molecule has 2 aromatic rings. The van der Waals surface area contributed by atoms with Crippen LogP contribution in [0.15, 0.2) is 48.5 Å². The molecule has 2 aromatic carbocycles. The molecule has 1 nitrogen and oxygen atoms in total. The van der Waals surface area contributed by atoms with Crippen LogP contribution in [-0.2, 0) is 6.42 Å². The summed E-state index contributed by atoms with van der Waals surface area (Å²) >= 11 is 0. The topological polar surface area (TPSA) is 23.8 Å². The number of hydrogen-bond acceptors (Lipinski definition) is 1. The first-order chi connectivity index (χ1) is 12.8. The van der Waals surface area contributed by atoms with Gasteiger partial charge in [0.2, 0.25) is 0 Å². The lowest BCUT2D eigenvalue weighted by atomic mass is 9.77. The summed E-state index contributed by atoms with van der Waals surface area (Å²) in [7, 11) is 0. The van der Waals surface area contributed by atoms with E-state index in [9.17, 15) is 0 Å². The number of benzene rings is 2. The van der Waals surface area contributed by atoms with Gasteiger partial charge in [-0.05, 0) is 79.0 Å². The second-order valence-corrected chi connectivity index (χ2v) is 7.84. The number of nitrogens with zero attached hydrogens (tertiary/aromatic N) is 1. The molecule has 0 N–H and O–H groups in total. The molecule has 1 aliphatic carbocycles. The lowest BCUT2D eigenvalue weighted by Crippen LogP contribution is -2.13. The molecule has 0 spiro atoms. The minimum Gasteiger partial charge on any atom is -0.198 e. The van der Waals surface area contributed by atoms with Crippen LogP contribution in [0.25, 0.3) is 11.1 Å². The van der Waals surface area contributed by atoms with Gasteiger partial charge < -0.3 is 0 Å². The fourth-order valence-electron chi connectivity index (χ4n) is 4.35. The van der Waals surface area contributed by atoms with E-state index in [1.165, 1.54) is 67.2 Å². The molecule has 0 aliphatic heterocycles. The molecule has 3 rings (SSSR count). The van der Waals surface area contributed by atoms with E-state index >= 15 is 0 Å². The molecule has 0 unspecified atom stereocenters. The van der Waals surface area contributed by atoms with E-state index in [4.69, 9.17) is 5.26 Å². The van der Waals surface area contributed by atoms with Crippen LogP contribution in [0.5, 0.6) is 0 Å². The first-order valence-electron chi connectivity index (χ1n) is 10.4. The van der Waals surface area contributed by atoms with Gasteiger partial charge in [-0.1, -0.05) is 61.9 Å². The van der Waals surface area contributed by atoms with Crippen LogP contribution in [0.3, 0.4) is 0 Å². The van der Waals surface area contributed by atoms with Gasteiger partial charge in [0.25, 0.3) is 0 Å². The Bertz CT molecular complexity index is 697. The molecule has 26 heavy (non-hydrogen) atoms. The molecule has 1 aliphatic rings. The molecule has 136 valence electrons. The van der Waals surface area contributed by atoms with Gasteiger partial charge in [-0.15, -0.1) is 0 Å². The zero-order valence-electron chi connectivity index (χ0n) is 16.1. The molecule has 1 fully saturated rings. The summed E-state index contributed by atoms with van der Waals surface area (Å²) in [6.45, 7) is 2.23. The smallest absolute Gasteiger partial charge is 0.0621 e. The molecule has 0 heterocycles. The van der Waals surface area contributed by atoms with Crippen LogP contribution >= 0.6 is 0 Å². The standard InChI is InChI=1S/C25H31N/c1-2-5-20-7-11-22(12-8-20)24-15-17-25(18-16-24)23-13-9-21(10-14-23)6-3-4-19-26/h7-8,11-12,15-18,21,23H,2-6,9-10,13-14H2,1H3. The van der Waals surface area contributed by atoms with Gasteiger partial charge in [0.05, 0.1) is 6.07 Å². The second kappa shape index (κ2) is 9.58. The van der Waals surface area contributed by atoms with Crippen molar-refractivity contribution < 1.29 is 0 Å². The summed E-state index contributed by atoms with van der Waals surface area (Å²) in [5.74, 6) is 1.57. The number of unbranched alkanes of at least 4 members (excludes halogenated alkanes) is 1. The zero-order chi connectivity index (χ0) is 18.2. The number of rotatable bonds is 7. The predicted molar refractivity (Wildman–Crippen MR) is 110 cm³/mol. The highest BCUT2D eigenvalue weighted by Crippen LogP contribution is 2.38.